The lowest BCUT2D eigenvalue weighted by Crippen LogP contribution is -2.32. The van der Waals surface area contributed by atoms with E-state index in [1.165, 1.54) is 0 Å². The summed E-state index contributed by atoms with van der Waals surface area (Å²) < 4.78 is 0. The lowest BCUT2D eigenvalue weighted by Gasteiger charge is -2.18. The maximum absolute atomic E-state index is 12.8. The lowest BCUT2D eigenvalue weighted by molar-refractivity contribution is -0.120. The van der Waals surface area contributed by atoms with Crippen LogP contribution < -0.4 is 10.2 Å². The highest BCUT2D eigenvalue weighted by Crippen LogP contribution is 2.33. The molecule has 3 rings (SSSR count). The van der Waals surface area contributed by atoms with Crippen molar-refractivity contribution in [2.75, 3.05) is 10.2 Å². The summed E-state index contributed by atoms with van der Waals surface area (Å²) in [6.45, 7) is 5.66. The number of rotatable bonds is 3. The molecule has 0 spiro atoms. The van der Waals surface area contributed by atoms with E-state index < -0.39 is 11.8 Å². The molecule has 0 saturated carbocycles. The van der Waals surface area contributed by atoms with Crippen LogP contribution in [0.2, 0.25) is 5.02 Å². The predicted molar refractivity (Wildman–Crippen MR) is 101 cm³/mol. The Morgan fingerprint density at radius 1 is 0.880 bits per heavy atom. The number of anilines is 2. The highest BCUT2D eigenvalue weighted by Gasteiger charge is 2.39. The number of nitrogens with one attached hydrogen (secondary N) is 1. The molecule has 6 heteroatoms. The van der Waals surface area contributed by atoms with Crippen molar-refractivity contribution in [1.82, 2.24) is 0 Å². The van der Waals surface area contributed by atoms with E-state index in [0.29, 0.717) is 16.4 Å². The average molecular weight is 375 g/mol. The minimum Gasteiger partial charge on any atom is -0.349 e. The fourth-order valence-electron chi connectivity index (χ4n) is 2.79. The van der Waals surface area contributed by atoms with E-state index in [4.69, 9.17) is 23.2 Å². The summed E-state index contributed by atoms with van der Waals surface area (Å²) in [6, 6.07) is 10.7. The molecule has 1 aliphatic heterocycles. The number of hydrogen-bond donors (Lipinski definition) is 1. The molecular formula is C19H16Cl2N2O2. The quantitative estimate of drug-likeness (QED) is 0.791. The normalized spacial score (nSPS) is 14.5. The minimum atomic E-state index is -0.535. The molecule has 0 aromatic heterocycles. The van der Waals surface area contributed by atoms with E-state index in [9.17, 15) is 9.59 Å². The Morgan fingerprint density at radius 2 is 1.60 bits per heavy atom. The van der Waals surface area contributed by atoms with Gasteiger partial charge in [0.1, 0.15) is 10.7 Å². The maximum atomic E-state index is 12.8. The van der Waals surface area contributed by atoms with Gasteiger partial charge in [-0.1, -0.05) is 40.9 Å². The summed E-state index contributed by atoms with van der Waals surface area (Å²) >= 11 is 12.1. The predicted octanol–water partition coefficient (Wildman–Crippen LogP) is 4.70. The second-order valence-corrected chi connectivity index (χ2v) is 6.82. The number of carbonyl (C=O) groups is 2. The molecule has 0 radical (unpaired) electrons. The standard InChI is InChI=1S/C19H16Cl2N2O2/c1-10-4-7-15(12(3)8-10)23-18(24)16(21)17(19(23)25)22-14-6-5-13(20)9-11(14)2/h4-9,22H,1-3H3. The largest absolute Gasteiger partial charge is 0.349 e. The molecule has 25 heavy (non-hydrogen) atoms. The number of carbonyl (C=O) groups excluding carboxylic acids is 2. The molecule has 0 atom stereocenters. The minimum absolute atomic E-state index is 0.0667. The lowest BCUT2D eigenvalue weighted by atomic mass is 10.1. The summed E-state index contributed by atoms with van der Waals surface area (Å²) in [6.07, 6.45) is 0. The van der Waals surface area contributed by atoms with Gasteiger partial charge < -0.3 is 5.32 Å². The Bertz CT molecular complexity index is 935. The smallest absolute Gasteiger partial charge is 0.283 e. The first-order valence-electron chi connectivity index (χ1n) is 7.68. The van der Waals surface area contributed by atoms with Crippen LogP contribution in [0, 0.1) is 20.8 Å². The van der Waals surface area contributed by atoms with Gasteiger partial charge in [0.2, 0.25) is 0 Å². The SMILES string of the molecule is Cc1ccc(N2C(=O)C(Cl)=C(Nc3ccc(Cl)cc3C)C2=O)c(C)c1. The van der Waals surface area contributed by atoms with Crippen molar-refractivity contribution in [3.63, 3.8) is 0 Å². The Hall–Kier alpha value is -2.30. The molecule has 0 bridgehead atoms. The Balaban J connectivity index is 1.96. The van der Waals surface area contributed by atoms with E-state index >= 15 is 0 Å². The monoisotopic (exact) mass is 374 g/mol. The number of amides is 2. The van der Waals surface area contributed by atoms with Gasteiger partial charge in [-0.3, -0.25) is 9.59 Å². The third-order valence-electron chi connectivity index (χ3n) is 4.07. The zero-order valence-corrected chi connectivity index (χ0v) is 15.5. The molecule has 2 aromatic carbocycles. The van der Waals surface area contributed by atoms with Crippen LogP contribution in [0.1, 0.15) is 16.7 Å². The number of nitrogens with zero attached hydrogens (tertiary/aromatic N) is 1. The second kappa shape index (κ2) is 6.54. The molecule has 0 unspecified atom stereocenters. The average Bonchev–Trinajstić information content (AvgIpc) is 2.74. The van der Waals surface area contributed by atoms with Crippen molar-refractivity contribution < 1.29 is 9.59 Å². The van der Waals surface area contributed by atoms with Gasteiger partial charge in [0.25, 0.3) is 11.8 Å². The molecule has 1 aliphatic rings. The van der Waals surface area contributed by atoms with Crippen LogP contribution in [-0.2, 0) is 9.59 Å². The molecule has 0 saturated heterocycles. The fourth-order valence-corrected chi connectivity index (χ4v) is 3.23. The number of imide groups is 1. The highest BCUT2D eigenvalue weighted by atomic mass is 35.5. The molecule has 1 N–H and O–H groups in total. The van der Waals surface area contributed by atoms with Crippen molar-refractivity contribution in [1.29, 1.82) is 0 Å². The molecular weight excluding hydrogens is 359 g/mol. The maximum Gasteiger partial charge on any atom is 0.283 e. The second-order valence-electron chi connectivity index (χ2n) is 6.01. The van der Waals surface area contributed by atoms with Gasteiger partial charge in [0.05, 0.1) is 5.69 Å². The highest BCUT2D eigenvalue weighted by molar-refractivity contribution is 6.53. The summed E-state index contributed by atoms with van der Waals surface area (Å²) in [4.78, 5) is 26.5. The Morgan fingerprint density at radius 3 is 2.24 bits per heavy atom. The van der Waals surface area contributed by atoms with Crippen molar-refractivity contribution in [3.05, 3.63) is 68.8 Å². The molecule has 128 valence electrons. The van der Waals surface area contributed by atoms with Crippen molar-refractivity contribution in [2.24, 2.45) is 0 Å². The van der Waals surface area contributed by atoms with Crippen LogP contribution in [0.5, 0.6) is 0 Å². The van der Waals surface area contributed by atoms with Gasteiger partial charge in [-0.25, -0.2) is 4.90 Å². The third kappa shape index (κ3) is 3.15. The summed E-state index contributed by atoms with van der Waals surface area (Å²) in [7, 11) is 0. The first-order valence-corrected chi connectivity index (χ1v) is 8.44. The first kappa shape index (κ1) is 17.5. The summed E-state index contributed by atoms with van der Waals surface area (Å²) in [5, 5.41) is 3.44. The Labute approximate surface area is 156 Å². The summed E-state index contributed by atoms with van der Waals surface area (Å²) in [5.74, 6) is -1.01. The molecule has 4 nitrogen and oxygen atoms in total. The van der Waals surface area contributed by atoms with E-state index in [2.05, 4.69) is 5.32 Å². The van der Waals surface area contributed by atoms with Crippen molar-refractivity contribution in [2.45, 2.75) is 20.8 Å². The van der Waals surface area contributed by atoms with Gasteiger partial charge in [-0.2, -0.15) is 0 Å². The number of aryl methyl sites for hydroxylation is 3. The number of benzene rings is 2. The Kier molecular flexibility index (Phi) is 4.58. The zero-order chi connectivity index (χ0) is 18.3. The van der Waals surface area contributed by atoms with E-state index in [1.54, 1.807) is 24.3 Å². The van der Waals surface area contributed by atoms with E-state index in [0.717, 1.165) is 21.6 Å². The molecule has 2 aromatic rings. The van der Waals surface area contributed by atoms with Crippen LogP contribution in [0.3, 0.4) is 0 Å². The van der Waals surface area contributed by atoms with Crippen molar-refractivity contribution >= 4 is 46.4 Å². The molecule has 0 fully saturated rings. The van der Waals surface area contributed by atoms with Crippen LogP contribution in [-0.4, -0.2) is 11.8 Å². The summed E-state index contributed by atoms with van der Waals surface area (Å²) in [5.41, 5.74) is 3.99. The van der Waals surface area contributed by atoms with Gasteiger partial charge in [0, 0.05) is 10.7 Å². The number of hydrogen-bond acceptors (Lipinski definition) is 3. The van der Waals surface area contributed by atoms with Gasteiger partial charge >= 0.3 is 0 Å². The van der Waals surface area contributed by atoms with Crippen LogP contribution in [0.15, 0.2) is 47.1 Å². The van der Waals surface area contributed by atoms with E-state index in [-0.39, 0.29) is 10.7 Å². The van der Waals surface area contributed by atoms with Crippen LogP contribution >= 0.6 is 23.2 Å². The zero-order valence-electron chi connectivity index (χ0n) is 14.0. The van der Waals surface area contributed by atoms with Gasteiger partial charge in [-0.05, 0) is 56.2 Å². The van der Waals surface area contributed by atoms with Gasteiger partial charge in [0.15, 0.2) is 0 Å². The number of halogens is 2. The third-order valence-corrected chi connectivity index (χ3v) is 4.65. The van der Waals surface area contributed by atoms with Crippen molar-refractivity contribution in [3.8, 4) is 0 Å². The topological polar surface area (TPSA) is 49.4 Å². The van der Waals surface area contributed by atoms with Gasteiger partial charge in [-0.15, -0.1) is 0 Å². The molecule has 0 aliphatic carbocycles. The first-order chi connectivity index (χ1) is 11.8. The fraction of sp³-hybridized carbons (Fsp3) is 0.158. The van der Waals surface area contributed by atoms with Crippen LogP contribution in [0.25, 0.3) is 0 Å². The van der Waals surface area contributed by atoms with E-state index in [1.807, 2.05) is 32.9 Å². The molecule has 2 amide bonds. The molecule has 1 heterocycles. The van der Waals surface area contributed by atoms with Crippen LogP contribution in [0.4, 0.5) is 11.4 Å².